The highest BCUT2D eigenvalue weighted by molar-refractivity contribution is 6.32. The quantitative estimate of drug-likeness (QED) is 0.550. The number of ether oxygens (including phenoxy) is 2. The average Bonchev–Trinajstić information content (AvgIpc) is 3.21. The molecule has 0 radical (unpaired) electrons. The van der Waals surface area contributed by atoms with Crippen LogP contribution in [0, 0.1) is 5.82 Å². The zero-order valence-electron chi connectivity index (χ0n) is 18.3. The van der Waals surface area contributed by atoms with Crippen molar-refractivity contribution in [2.45, 2.75) is 25.7 Å². The van der Waals surface area contributed by atoms with Crippen molar-refractivity contribution in [3.63, 3.8) is 0 Å². The predicted octanol–water partition coefficient (Wildman–Crippen LogP) is 4.95. The minimum Gasteiger partial charge on any atom is -0.493 e. The Hall–Kier alpha value is -2.57. The Kier molecular flexibility index (Phi) is 7.33. The van der Waals surface area contributed by atoms with Crippen LogP contribution in [0.5, 0.6) is 11.5 Å². The van der Waals surface area contributed by atoms with Gasteiger partial charge in [-0.3, -0.25) is 9.69 Å². The molecule has 0 saturated carbocycles. The van der Waals surface area contributed by atoms with Gasteiger partial charge in [-0.05, 0) is 67.8 Å². The number of rotatable bonds is 7. The summed E-state index contributed by atoms with van der Waals surface area (Å²) in [5, 5.41) is 0.269. The van der Waals surface area contributed by atoms with E-state index in [1.54, 1.807) is 24.2 Å². The number of hydrogen-bond donors (Lipinski definition) is 0. The molecular formula is C25H28ClFN2O3. The van der Waals surface area contributed by atoms with Crippen molar-refractivity contribution >= 4 is 29.3 Å². The molecule has 2 aliphatic heterocycles. The van der Waals surface area contributed by atoms with Crippen LogP contribution < -0.4 is 14.4 Å². The lowest BCUT2D eigenvalue weighted by molar-refractivity contribution is -0.114. The topological polar surface area (TPSA) is 42.0 Å². The minimum atomic E-state index is -0.409. The second kappa shape index (κ2) is 10.4. The highest BCUT2D eigenvalue weighted by Gasteiger charge is 2.26. The van der Waals surface area contributed by atoms with Crippen LogP contribution in [0.4, 0.5) is 10.1 Å². The maximum atomic E-state index is 13.2. The fraction of sp³-hybridized carbons (Fsp3) is 0.400. The number of anilines is 1. The van der Waals surface area contributed by atoms with E-state index in [-0.39, 0.29) is 10.9 Å². The molecule has 0 aliphatic carbocycles. The smallest absolute Gasteiger partial charge is 0.251 e. The van der Waals surface area contributed by atoms with Crippen molar-refractivity contribution in [1.82, 2.24) is 4.90 Å². The summed E-state index contributed by atoms with van der Waals surface area (Å²) in [4.78, 5) is 17.0. The van der Waals surface area contributed by atoms with Crippen molar-refractivity contribution in [3.05, 3.63) is 58.4 Å². The number of hydrogen-bond acceptors (Lipinski definition) is 4. The molecule has 5 nitrogen and oxygen atoms in total. The van der Waals surface area contributed by atoms with Crippen molar-refractivity contribution in [2.24, 2.45) is 0 Å². The SMILES string of the molecule is COc1cc2c(cc1OCCN1CCCCC1)N(C(=O)/C=C/c1ccc(F)cc1Cl)CC2. The molecule has 0 spiro atoms. The first-order valence-electron chi connectivity index (χ1n) is 11.1. The third-order valence-corrected chi connectivity index (χ3v) is 6.34. The fourth-order valence-electron chi connectivity index (χ4n) is 4.25. The molecule has 0 unspecified atom stereocenters. The summed E-state index contributed by atoms with van der Waals surface area (Å²) < 4.78 is 24.8. The van der Waals surface area contributed by atoms with Gasteiger partial charge in [-0.25, -0.2) is 4.39 Å². The lowest BCUT2D eigenvalue weighted by Crippen LogP contribution is -2.33. The molecule has 2 aromatic carbocycles. The summed E-state index contributed by atoms with van der Waals surface area (Å²) in [6.45, 7) is 4.28. The minimum absolute atomic E-state index is 0.159. The van der Waals surface area contributed by atoms with Crippen molar-refractivity contribution in [3.8, 4) is 11.5 Å². The van der Waals surface area contributed by atoms with Crippen LogP contribution in [-0.2, 0) is 11.2 Å². The van der Waals surface area contributed by atoms with E-state index in [4.69, 9.17) is 21.1 Å². The number of amides is 1. The second-order valence-corrected chi connectivity index (χ2v) is 8.53. The number of carbonyl (C=O) groups excluding carboxylic acids is 1. The van der Waals surface area contributed by atoms with Crippen LogP contribution in [0.25, 0.3) is 6.08 Å². The Morgan fingerprint density at radius 2 is 1.94 bits per heavy atom. The molecule has 0 aromatic heterocycles. The van der Waals surface area contributed by atoms with E-state index in [9.17, 15) is 9.18 Å². The number of carbonyl (C=O) groups is 1. The summed E-state index contributed by atoms with van der Waals surface area (Å²) in [6, 6.07) is 7.96. The second-order valence-electron chi connectivity index (χ2n) is 8.12. The van der Waals surface area contributed by atoms with Gasteiger partial charge in [0.25, 0.3) is 5.91 Å². The summed E-state index contributed by atoms with van der Waals surface area (Å²) >= 11 is 6.06. The largest absolute Gasteiger partial charge is 0.493 e. The van der Waals surface area contributed by atoms with Gasteiger partial charge in [0.05, 0.1) is 17.8 Å². The number of fused-ring (bicyclic) bond motifs is 1. The Balaban J connectivity index is 1.46. The molecule has 2 heterocycles. The van der Waals surface area contributed by atoms with Gasteiger partial charge in [0, 0.05) is 25.2 Å². The monoisotopic (exact) mass is 458 g/mol. The van der Waals surface area contributed by atoms with Gasteiger partial charge in [-0.2, -0.15) is 0 Å². The van der Waals surface area contributed by atoms with Crippen LogP contribution in [0.3, 0.4) is 0 Å². The first kappa shape index (κ1) is 22.6. The molecule has 2 aromatic rings. The molecule has 0 N–H and O–H groups in total. The van der Waals surface area contributed by atoms with Crippen molar-refractivity contribution < 1.29 is 18.7 Å². The molecule has 0 bridgehead atoms. The number of likely N-dealkylation sites (tertiary alicyclic amines) is 1. The van der Waals surface area contributed by atoms with Gasteiger partial charge < -0.3 is 14.4 Å². The van der Waals surface area contributed by atoms with Gasteiger partial charge in [-0.15, -0.1) is 0 Å². The van der Waals surface area contributed by atoms with Gasteiger partial charge in [0.1, 0.15) is 12.4 Å². The number of benzene rings is 2. The first-order chi connectivity index (χ1) is 15.5. The van der Waals surface area contributed by atoms with Crippen molar-refractivity contribution in [2.75, 3.05) is 44.8 Å². The normalized spacial score (nSPS) is 16.4. The summed E-state index contributed by atoms with van der Waals surface area (Å²) in [6.07, 6.45) is 7.63. The van der Waals surface area contributed by atoms with E-state index in [1.165, 1.54) is 37.5 Å². The molecule has 2 aliphatic rings. The zero-order valence-corrected chi connectivity index (χ0v) is 19.0. The lowest BCUT2D eigenvalue weighted by Gasteiger charge is -2.26. The molecule has 32 heavy (non-hydrogen) atoms. The Morgan fingerprint density at radius 3 is 2.69 bits per heavy atom. The fourth-order valence-corrected chi connectivity index (χ4v) is 4.48. The number of piperidine rings is 1. The van der Waals surface area contributed by atoms with Crippen molar-refractivity contribution in [1.29, 1.82) is 0 Å². The van der Waals surface area contributed by atoms with Gasteiger partial charge in [-0.1, -0.05) is 24.1 Å². The third-order valence-electron chi connectivity index (χ3n) is 6.01. The Bertz CT molecular complexity index is 1000. The maximum Gasteiger partial charge on any atom is 0.251 e. The van der Waals surface area contributed by atoms with Gasteiger partial charge >= 0.3 is 0 Å². The van der Waals surface area contributed by atoms with E-state index in [1.807, 2.05) is 12.1 Å². The van der Waals surface area contributed by atoms with Crippen LogP contribution in [0.1, 0.15) is 30.4 Å². The summed E-state index contributed by atoms with van der Waals surface area (Å²) in [7, 11) is 1.63. The molecule has 1 fully saturated rings. The highest BCUT2D eigenvalue weighted by Crippen LogP contribution is 2.39. The van der Waals surface area contributed by atoms with Crippen LogP contribution in [0.2, 0.25) is 5.02 Å². The molecule has 1 saturated heterocycles. The average molecular weight is 459 g/mol. The number of nitrogens with zero attached hydrogens (tertiary/aromatic N) is 2. The van der Waals surface area contributed by atoms with Crippen LogP contribution in [-0.4, -0.2) is 50.7 Å². The lowest BCUT2D eigenvalue weighted by atomic mass is 10.1. The van der Waals surface area contributed by atoms with Gasteiger partial charge in [0.2, 0.25) is 0 Å². The van der Waals surface area contributed by atoms with E-state index < -0.39 is 5.82 Å². The molecule has 170 valence electrons. The van der Waals surface area contributed by atoms with E-state index >= 15 is 0 Å². The number of halogens is 2. The zero-order chi connectivity index (χ0) is 22.5. The van der Waals surface area contributed by atoms with E-state index in [0.29, 0.717) is 30.2 Å². The molecule has 4 rings (SSSR count). The maximum absolute atomic E-state index is 13.2. The Labute approximate surface area is 193 Å². The number of methoxy groups -OCH3 is 1. The Morgan fingerprint density at radius 1 is 1.12 bits per heavy atom. The van der Waals surface area contributed by atoms with E-state index in [2.05, 4.69) is 4.90 Å². The first-order valence-corrected chi connectivity index (χ1v) is 11.4. The highest BCUT2D eigenvalue weighted by atomic mass is 35.5. The van der Waals surface area contributed by atoms with E-state index in [0.717, 1.165) is 37.3 Å². The third kappa shape index (κ3) is 5.25. The molecule has 7 heteroatoms. The summed E-state index contributed by atoms with van der Waals surface area (Å²) in [5.41, 5.74) is 2.47. The van der Waals surface area contributed by atoms with Gasteiger partial charge in [0.15, 0.2) is 11.5 Å². The summed E-state index contributed by atoms with van der Waals surface area (Å²) in [5.74, 6) is 0.765. The molecular weight excluding hydrogens is 431 g/mol. The predicted molar refractivity (Wildman–Crippen MR) is 125 cm³/mol. The van der Waals surface area contributed by atoms with Crippen LogP contribution in [0.15, 0.2) is 36.4 Å². The molecule has 0 atom stereocenters. The molecule has 1 amide bonds. The van der Waals surface area contributed by atoms with Crippen LogP contribution >= 0.6 is 11.6 Å². The standard InChI is InChI=1S/C25H28ClFN2O3/c1-31-23-15-19-9-12-29(25(30)8-6-18-5-7-20(27)16-21(18)26)22(19)17-24(23)32-14-13-28-10-3-2-4-11-28/h5-8,15-17H,2-4,9-14H2,1H3/b8-6+.